The van der Waals surface area contributed by atoms with Crippen molar-refractivity contribution in [3.63, 3.8) is 0 Å². The van der Waals surface area contributed by atoms with Crippen LogP contribution in [0.5, 0.6) is 0 Å². The highest BCUT2D eigenvalue weighted by Crippen LogP contribution is 2.16. The molecule has 1 unspecified atom stereocenters. The molecule has 0 aromatic heterocycles. The van der Waals surface area contributed by atoms with E-state index in [1.807, 2.05) is 13.8 Å². The summed E-state index contributed by atoms with van der Waals surface area (Å²) in [6.07, 6.45) is 1.47. The van der Waals surface area contributed by atoms with Crippen molar-refractivity contribution < 1.29 is 14.0 Å². The van der Waals surface area contributed by atoms with Crippen LogP contribution in [0.2, 0.25) is 5.02 Å². The fourth-order valence-corrected chi connectivity index (χ4v) is 3.08. The highest BCUT2D eigenvalue weighted by atomic mass is 35.5. The molecule has 0 saturated carbocycles. The summed E-state index contributed by atoms with van der Waals surface area (Å²) in [5.41, 5.74) is 1.59. The highest BCUT2D eigenvalue weighted by Gasteiger charge is 2.28. The van der Waals surface area contributed by atoms with E-state index in [1.54, 1.807) is 41.3 Å². The molecule has 2 aromatic rings. The largest absolute Gasteiger partial charge is 0.354 e. The van der Waals surface area contributed by atoms with E-state index < -0.39 is 6.04 Å². The Bertz CT molecular complexity index is 778. The van der Waals surface area contributed by atoms with Crippen molar-refractivity contribution in [2.75, 3.05) is 6.54 Å². The topological polar surface area (TPSA) is 49.4 Å². The van der Waals surface area contributed by atoms with Crippen LogP contribution in [-0.4, -0.2) is 29.3 Å². The Kier molecular flexibility index (Phi) is 8.45. The monoisotopic (exact) mass is 404 g/mol. The number of amides is 2. The third-order valence-corrected chi connectivity index (χ3v) is 4.72. The summed E-state index contributed by atoms with van der Waals surface area (Å²) in [6, 6.07) is 12.5. The molecule has 150 valence electrons. The quantitative estimate of drug-likeness (QED) is 0.675. The maximum atomic E-state index is 13.2. The van der Waals surface area contributed by atoms with E-state index in [0.717, 1.165) is 17.5 Å². The molecule has 0 aliphatic rings. The van der Waals surface area contributed by atoms with Crippen LogP contribution in [-0.2, 0) is 22.6 Å². The first-order chi connectivity index (χ1) is 13.4. The lowest BCUT2D eigenvalue weighted by atomic mass is 10.1. The van der Waals surface area contributed by atoms with Crippen molar-refractivity contribution in [1.29, 1.82) is 0 Å². The van der Waals surface area contributed by atoms with Crippen LogP contribution in [0.4, 0.5) is 4.39 Å². The summed E-state index contributed by atoms with van der Waals surface area (Å²) in [5, 5.41) is 3.48. The van der Waals surface area contributed by atoms with E-state index in [1.165, 1.54) is 12.1 Å². The Morgan fingerprint density at radius 2 is 1.64 bits per heavy atom. The fourth-order valence-electron chi connectivity index (χ4n) is 2.95. The minimum atomic E-state index is -0.587. The fraction of sp³-hybridized carbons (Fsp3) is 0.364. The zero-order valence-electron chi connectivity index (χ0n) is 16.3. The van der Waals surface area contributed by atoms with Crippen molar-refractivity contribution in [2.45, 2.75) is 45.7 Å². The van der Waals surface area contributed by atoms with Gasteiger partial charge in [0.05, 0.1) is 6.42 Å². The molecule has 2 amide bonds. The second-order valence-corrected chi connectivity index (χ2v) is 7.10. The Balaban J connectivity index is 2.24. The summed E-state index contributed by atoms with van der Waals surface area (Å²) in [5.74, 6) is -0.670. The lowest BCUT2D eigenvalue weighted by Crippen LogP contribution is -2.49. The van der Waals surface area contributed by atoms with Gasteiger partial charge in [-0.05, 0) is 48.2 Å². The van der Waals surface area contributed by atoms with Gasteiger partial charge in [-0.15, -0.1) is 0 Å². The van der Waals surface area contributed by atoms with Gasteiger partial charge in [-0.25, -0.2) is 4.39 Å². The SMILES string of the molecule is CCCNC(=O)C(CC)N(Cc1ccc(F)cc1)C(=O)Cc1ccc(Cl)cc1. The number of nitrogens with one attached hydrogen (secondary N) is 1. The second-order valence-electron chi connectivity index (χ2n) is 6.67. The Morgan fingerprint density at radius 3 is 2.21 bits per heavy atom. The Morgan fingerprint density at radius 1 is 1.04 bits per heavy atom. The summed E-state index contributed by atoms with van der Waals surface area (Å²) in [6.45, 7) is 4.66. The molecule has 6 heteroatoms. The van der Waals surface area contributed by atoms with E-state index in [-0.39, 0.29) is 30.6 Å². The lowest BCUT2D eigenvalue weighted by molar-refractivity contribution is -0.140. The number of nitrogens with zero attached hydrogens (tertiary/aromatic N) is 1. The molecule has 1 N–H and O–H groups in total. The molecular weight excluding hydrogens is 379 g/mol. The van der Waals surface area contributed by atoms with Crippen molar-refractivity contribution in [1.82, 2.24) is 10.2 Å². The molecule has 2 aromatic carbocycles. The molecule has 0 aliphatic heterocycles. The number of carbonyl (C=O) groups is 2. The summed E-state index contributed by atoms with van der Waals surface area (Å²) in [4.78, 5) is 27.3. The summed E-state index contributed by atoms with van der Waals surface area (Å²) in [7, 11) is 0. The minimum Gasteiger partial charge on any atom is -0.354 e. The first-order valence-corrected chi connectivity index (χ1v) is 9.88. The van der Waals surface area contributed by atoms with Crippen molar-refractivity contribution >= 4 is 23.4 Å². The molecule has 0 fully saturated rings. The van der Waals surface area contributed by atoms with Crippen molar-refractivity contribution in [3.05, 3.63) is 70.5 Å². The third kappa shape index (κ3) is 6.34. The van der Waals surface area contributed by atoms with Gasteiger partial charge in [0.1, 0.15) is 11.9 Å². The van der Waals surface area contributed by atoms with Crippen molar-refractivity contribution in [3.8, 4) is 0 Å². The predicted octanol–water partition coefficient (Wildman–Crippen LogP) is 4.36. The number of hydrogen-bond acceptors (Lipinski definition) is 2. The summed E-state index contributed by atoms with van der Waals surface area (Å²) < 4.78 is 13.2. The van der Waals surface area contributed by atoms with E-state index in [4.69, 9.17) is 11.6 Å². The van der Waals surface area contributed by atoms with Crippen LogP contribution < -0.4 is 5.32 Å². The highest BCUT2D eigenvalue weighted by molar-refractivity contribution is 6.30. The van der Waals surface area contributed by atoms with Crippen LogP contribution in [0.3, 0.4) is 0 Å². The maximum Gasteiger partial charge on any atom is 0.242 e. The molecular formula is C22H26ClFN2O2. The van der Waals surface area contributed by atoms with Crippen molar-refractivity contribution in [2.24, 2.45) is 0 Å². The summed E-state index contributed by atoms with van der Waals surface area (Å²) >= 11 is 5.91. The first-order valence-electron chi connectivity index (χ1n) is 9.50. The number of benzene rings is 2. The average molecular weight is 405 g/mol. The zero-order valence-corrected chi connectivity index (χ0v) is 17.0. The van der Waals surface area contributed by atoms with Crippen LogP contribution in [0.25, 0.3) is 0 Å². The average Bonchev–Trinajstić information content (AvgIpc) is 2.69. The van der Waals surface area contributed by atoms with Gasteiger partial charge in [-0.3, -0.25) is 9.59 Å². The predicted molar refractivity (Wildman–Crippen MR) is 109 cm³/mol. The zero-order chi connectivity index (χ0) is 20.5. The van der Waals surface area contributed by atoms with Gasteiger partial charge in [0.15, 0.2) is 0 Å². The molecule has 0 heterocycles. The van der Waals surface area contributed by atoms with Gasteiger partial charge in [0.25, 0.3) is 0 Å². The van der Waals surface area contributed by atoms with E-state index in [0.29, 0.717) is 18.0 Å². The molecule has 2 rings (SSSR count). The Hall–Kier alpha value is -2.40. The molecule has 0 spiro atoms. The van der Waals surface area contributed by atoms with E-state index in [9.17, 15) is 14.0 Å². The minimum absolute atomic E-state index is 0.162. The van der Waals surface area contributed by atoms with Crippen LogP contribution in [0, 0.1) is 5.82 Å². The second kappa shape index (κ2) is 10.8. The van der Waals surface area contributed by atoms with Crippen LogP contribution in [0.15, 0.2) is 48.5 Å². The van der Waals surface area contributed by atoms with Gasteiger partial charge < -0.3 is 10.2 Å². The number of hydrogen-bond donors (Lipinski definition) is 1. The van der Waals surface area contributed by atoms with Gasteiger partial charge in [-0.2, -0.15) is 0 Å². The Labute approximate surface area is 170 Å². The van der Waals surface area contributed by atoms with Gasteiger partial charge in [0, 0.05) is 18.1 Å². The molecule has 28 heavy (non-hydrogen) atoms. The molecule has 0 bridgehead atoms. The van der Waals surface area contributed by atoms with Gasteiger partial charge in [-0.1, -0.05) is 49.7 Å². The molecule has 4 nitrogen and oxygen atoms in total. The number of carbonyl (C=O) groups excluding carboxylic acids is 2. The standard InChI is InChI=1S/C22H26ClFN2O2/c1-3-13-25-22(28)20(4-2)26(15-17-7-11-19(24)12-8-17)21(27)14-16-5-9-18(23)10-6-16/h5-12,20H,3-4,13-15H2,1-2H3,(H,25,28). The lowest BCUT2D eigenvalue weighted by Gasteiger charge is -2.30. The third-order valence-electron chi connectivity index (χ3n) is 4.47. The van der Waals surface area contributed by atoms with Gasteiger partial charge in [0.2, 0.25) is 11.8 Å². The number of halogens is 2. The first kappa shape index (κ1) is 21.9. The van der Waals surface area contributed by atoms with E-state index >= 15 is 0 Å². The normalized spacial score (nSPS) is 11.7. The van der Waals surface area contributed by atoms with E-state index in [2.05, 4.69) is 5.32 Å². The van der Waals surface area contributed by atoms with Crippen LogP contribution >= 0.6 is 11.6 Å². The number of rotatable bonds is 9. The van der Waals surface area contributed by atoms with Crippen LogP contribution in [0.1, 0.15) is 37.8 Å². The molecule has 0 saturated heterocycles. The maximum absolute atomic E-state index is 13.2. The molecule has 1 atom stereocenters. The van der Waals surface area contributed by atoms with Gasteiger partial charge >= 0.3 is 0 Å². The molecule has 0 radical (unpaired) electrons. The molecule has 0 aliphatic carbocycles. The smallest absolute Gasteiger partial charge is 0.242 e.